The average Bonchev–Trinajstić information content (AvgIpc) is 3.28. The lowest BCUT2D eigenvalue weighted by atomic mass is 10.1. The minimum absolute atomic E-state index is 0.0259. The van der Waals surface area contributed by atoms with Crippen LogP contribution in [0.3, 0.4) is 0 Å². The molecule has 0 saturated carbocycles. The topological polar surface area (TPSA) is 84.3 Å². The van der Waals surface area contributed by atoms with Crippen molar-refractivity contribution in [3.05, 3.63) is 100 Å². The van der Waals surface area contributed by atoms with Crippen LogP contribution in [-0.2, 0) is 22.7 Å². The van der Waals surface area contributed by atoms with Crippen molar-refractivity contribution in [2.24, 2.45) is 0 Å². The van der Waals surface area contributed by atoms with Gasteiger partial charge in [0, 0.05) is 64.3 Å². The molecular formula is C30H26ClFN4O3. The monoisotopic (exact) mass is 544 g/mol. The van der Waals surface area contributed by atoms with Crippen LogP contribution >= 0.6 is 11.6 Å². The molecule has 0 fully saturated rings. The summed E-state index contributed by atoms with van der Waals surface area (Å²) in [6.45, 7) is 3.29. The quantitative estimate of drug-likeness (QED) is 0.260. The van der Waals surface area contributed by atoms with Crippen LogP contribution in [0.2, 0.25) is 5.02 Å². The molecule has 0 aliphatic carbocycles. The normalized spacial score (nSPS) is 10.7. The van der Waals surface area contributed by atoms with Crippen LogP contribution in [0.4, 0.5) is 4.39 Å². The Kier molecular flexibility index (Phi) is 8.74. The summed E-state index contributed by atoms with van der Waals surface area (Å²) < 4.78 is 15.8. The van der Waals surface area contributed by atoms with Crippen molar-refractivity contribution >= 4 is 40.6 Å². The van der Waals surface area contributed by atoms with E-state index in [1.54, 1.807) is 49.1 Å². The maximum Gasteiger partial charge on any atom is 0.243 e. The van der Waals surface area contributed by atoms with E-state index in [2.05, 4.69) is 22.1 Å². The van der Waals surface area contributed by atoms with E-state index in [0.717, 1.165) is 17.4 Å². The van der Waals surface area contributed by atoms with Crippen molar-refractivity contribution < 1.29 is 18.8 Å². The number of hydrogen-bond acceptors (Lipinski definition) is 4. The van der Waals surface area contributed by atoms with Gasteiger partial charge in [0.1, 0.15) is 12.4 Å². The van der Waals surface area contributed by atoms with E-state index < -0.39 is 11.7 Å². The molecule has 1 N–H and O–H groups in total. The molecule has 2 aromatic carbocycles. The predicted octanol–water partition coefficient (Wildman–Crippen LogP) is 4.59. The molecule has 0 saturated heterocycles. The Morgan fingerprint density at radius 3 is 2.67 bits per heavy atom. The molecule has 2 heterocycles. The van der Waals surface area contributed by atoms with Gasteiger partial charge >= 0.3 is 0 Å². The van der Waals surface area contributed by atoms with Crippen molar-refractivity contribution in [3.8, 4) is 11.8 Å². The summed E-state index contributed by atoms with van der Waals surface area (Å²) in [5, 5.41) is 3.29. The second-order valence-corrected chi connectivity index (χ2v) is 9.57. The minimum Gasteiger partial charge on any atom is -0.350 e. The summed E-state index contributed by atoms with van der Waals surface area (Å²) in [5.74, 6) is 4.79. The number of carbonyl (C=O) groups is 3. The molecule has 2 aromatic heterocycles. The lowest BCUT2D eigenvalue weighted by molar-refractivity contribution is -0.138. The number of halogens is 2. The molecule has 0 aliphatic rings. The third-order valence-corrected chi connectivity index (χ3v) is 6.41. The van der Waals surface area contributed by atoms with Gasteiger partial charge in [0.25, 0.3) is 0 Å². The fourth-order valence-electron chi connectivity index (χ4n) is 4.09. The first-order valence-electron chi connectivity index (χ1n) is 12.3. The number of fused-ring (bicyclic) bond motifs is 1. The Labute approximate surface area is 230 Å². The number of benzene rings is 2. The Morgan fingerprint density at radius 1 is 1.15 bits per heavy atom. The molecule has 0 spiro atoms. The van der Waals surface area contributed by atoms with Crippen LogP contribution in [0.15, 0.2) is 67.1 Å². The van der Waals surface area contributed by atoms with Gasteiger partial charge in [0.15, 0.2) is 6.29 Å². The van der Waals surface area contributed by atoms with E-state index in [4.69, 9.17) is 11.6 Å². The zero-order valence-corrected chi connectivity index (χ0v) is 22.2. The summed E-state index contributed by atoms with van der Waals surface area (Å²) >= 11 is 5.80. The van der Waals surface area contributed by atoms with Crippen LogP contribution in [0.5, 0.6) is 0 Å². The van der Waals surface area contributed by atoms with Gasteiger partial charge in [0.2, 0.25) is 11.8 Å². The lowest BCUT2D eigenvalue weighted by Gasteiger charge is -2.26. The van der Waals surface area contributed by atoms with Crippen molar-refractivity contribution in [3.63, 3.8) is 0 Å². The number of hydrogen-bond donors (Lipinski definition) is 1. The Hall–Kier alpha value is -4.48. The minimum atomic E-state index is -0.590. The zero-order chi connectivity index (χ0) is 27.9. The van der Waals surface area contributed by atoms with E-state index in [1.165, 1.54) is 17.0 Å². The number of carbonyl (C=O) groups excluding carboxylic acids is 3. The van der Waals surface area contributed by atoms with Crippen molar-refractivity contribution in [1.29, 1.82) is 0 Å². The molecule has 0 unspecified atom stereocenters. The Bertz CT molecular complexity index is 1590. The van der Waals surface area contributed by atoms with Crippen LogP contribution in [0.25, 0.3) is 10.9 Å². The lowest BCUT2D eigenvalue weighted by Crippen LogP contribution is -2.45. The molecule has 2 amide bonds. The van der Waals surface area contributed by atoms with Crippen LogP contribution < -0.4 is 5.32 Å². The van der Waals surface area contributed by atoms with Gasteiger partial charge in [-0.1, -0.05) is 35.6 Å². The summed E-state index contributed by atoms with van der Waals surface area (Å²) in [5.41, 5.74) is 2.87. The maximum absolute atomic E-state index is 14.1. The van der Waals surface area contributed by atoms with Crippen molar-refractivity contribution in [1.82, 2.24) is 19.8 Å². The smallest absolute Gasteiger partial charge is 0.243 e. The standard InChI is InChI=1S/C30H26ClFN4O3/c1-20(2)36(17-28(38)34-15-23-6-3-7-26(31)30(23)32)29(39)18-35-16-24(19-37)25-13-21(10-11-27(25)35)8-9-22-5-4-12-33-14-22/h3-7,10-14,16,19-20H,15,17-18H2,1-2H3,(H,34,38). The molecular weight excluding hydrogens is 519 g/mol. The number of aromatic nitrogens is 2. The molecule has 0 bridgehead atoms. The summed E-state index contributed by atoms with van der Waals surface area (Å²) in [6, 6.07) is 13.4. The van der Waals surface area contributed by atoms with E-state index in [0.29, 0.717) is 16.5 Å². The van der Waals surface area contributed by atoms with Gasteiger partial charge in [-0.25, -0.2) is 4.39 Å². The molecule has 4 aromatic rings. The average molecular weight is 545 g/mol. The number of pyridine rings is 1. The molecule has 0 aliphatic heterocycles. The second-order valence-electron chi connectivity index (χ2n) is 9.16. The van der Waals surface area contributed by atoms with Gasteiger partial charge in [-0.15, -0.1) is 0 Å². The van der Waals surface area contributed by atoms with E-state index in [9.17, 15) is 18.8 Å². The number of nitrogens with one attached hydrogen (secondary N) is 1. The van der Waals surface area contributed by atoms with Gasteiger partial charge in [-0.2, -0.15) is 0 Å². The molecule has 0 radical (unpaired) electrons. The largest absolute Gasteiger partial charge is 0.350 e. The molecule has 4 rings (SSSR count). The van der Waals surface area contributed by atoms with Crippen LogP contribution in [0, 0.1) is 17.7 Å². The molecule has 198 valence electrons. The highest BCUT2D eigenvalue weighted by molar-refractivity contribution is 6.30. The second kappa shape index (κ2) is 12.4. The summed E-state index contributed by atoms with van der Waals surface area (Å²) in [7, 11) is 0. The molecule has 7 nitrogen and oxygen atoms in total. The van der Waals surface area contributed by atoms with E-state index >= 15 is 0 Å². The molecule has 9 heteroatoms. The SMILES string of the molecule is CC(C)N(CC(=O)NCc1cccc(Cl)c1F)C(=O)Cn1cc(C=O)c2cc(C#Cc3cccnc3)ccc21. The highest BCUT2D eigenvalue weighted by Crippen LogP contribution is 2.22. The fraction of sp³-hybridized carbons (Fsp3) is 0.200. The highest BCUT2D eigenvalue weighted by atomic mass is 35.5. The highest BCUT2D eigenvalue weighted by Gasteiger charge is 2.22. The van der Waals surface area contributed by atoms with Crippen LogP contribution in [-0.4, -0.2) is 45.1 Å². The summed E-state index contributed by atoms with van der Waals surface area (Å²) in [4.78, 5) is 43.2. The zero-order valence-electron chi connectivity index (χ0n) is 21.4. The number of rotatable bonds is 8. The summed E-state index contributed by atoms with van der Waals surface area (Å²) in [6.07, 6.45) is 5.70. The van der Waals surface area contributed by atoms with Gasteiger partial charge in [0.05, 0.1) is 11.6 Å². The Balaban J connectivity index is 1.48. The first-order chi connectivity index (χ1) is 18.8. The number of amides is 2. The Morgan fingerprint density at radius 2 is 1.95 bits per heavy atom. The van der Waals surface area contributed by atoms with Crippen LogP contribution in [0.1, 0.15) is 40.9 Å². The van der Waals surface area contributed by atoms with Gasteiger partial charge in [-0.05, 0) is 50.2 Å². The van der Waals surface area contributed by atoms with Crippen molar-refractivity contribution in [2.45, 2.75) is 33.0 Å². The first kappa shape index (κ1) is 27.6. The van der Waals surface area contributed by atoms with E-state index in [1.807, 2.05) is 24.3 Å². The first-order valence-corrected chi connectivity index (χ1v) is 12.6. The maximum atomic E-state index is 14.1. The predicted molar refractivity (Wildman–Crippen MR) is 148 cm³/mol. The van der Waals surface area contributed by atoms with Gasteiger partial charge < -0.3 is 14.8 Å². The molecule has 0 atom stereocenters. The van der Waals surface area contributed by atoms with E-state index in [-0.39, 0.29) is 42.2 Å². The third kappa shape index (κ3) is 6.70. The number of nitrogens with zero attached hydrogens (tertiary/aromatic N) is 3. The fourth-order valence-corrected chi connectivity index (χ4v) is 4.29. The van der Waals surface area contributed by atoms with Gasteiger partial charge in [-0.3, -0.25) is 19.4 Å². The third-order valence-electron chi connectivity index (χ3n) is 6.12. The molecule has 39 heavy (non-hydrogen) atoms. The number of aldehydes is 1. The van der Waals surface area contributed by atoms with Crippen molar-refractivity contribution in [2.75, 3.05) is 6.54 Å².